The first kappa shape index (κ1) is 21.4. The number of hydrogen-bond acceptors (Lipinski definition) is 6. The Morgan fingerprint density at radius 2 is 1.60 bits per heavy atom. The summed E-state index contributed by atoms with van der Waals surface area (Å²) in [6.45, 7) is 0. The van der Waals surface area contributed by atoms with Crippen molar-refractivity contribution in [1.29, 1.82) is 0 Å². The van der Waals surface area contributed by atoms with Gasteiger partial charge in [0.15, 0.2) is 0 Å². The topological polar surface area (TPSA) is 73.5 Å². The minimum absolute atomic E-state index is 0.0349. The average molecular weight is 504 g/mol. The maximum atomic E-state index is 13.7. The smallest absolute Gasteiger partial charge is 0.305 e. The fourth-order valence-electron chi connectivity index (χ4n) is 7.20. The van der Waals surface area contributed by atoms with Crippen molar-refractivity contribution in [2.45, 2.75) is 22.6 Å². The average Bonchev–Trinajstić information content (AvgIpc) is 3.58. The van der Waals surface area contributed by atoms with Gasteiger partial charge in [0.2, 0.25) is 11.8 Å². The molecule has 2 bridgehead atoms. The van der Waals surface area contributed by atoms with E-state index in [-0.39, 0.29) is 57.4 Å². The van der Waals surface area contributed by atoms with E-state index in [2.05, 4.69) is 34.1 Å². The van der Waals surface area contributed by atoms with E-state index in [4.69, 9.17) is 0 Å². The molecule has 3 heterocycles. The SMILES string of the molecule is CN(C)c1ccc([C@@H]2c3sc(=O)[nH]c3S[C@@H]3[C@@H]4C[C@@H]([C@@H]5C(=O)N(c6ccccc6)C(=O)[C@@H]45)[C@@H]23)cc1. The minimum Gasteiger partial charge on any atom is -0.378 e. The Morgan fingerprint density at radius 3 is 2.29 bits per heavy atom. The molecule has 2 aromatic carbocycles. The van der Waals surface area contributed by atoms with Crippen LogP contribution in [0.5, 0.6) is 0 Å². The van der Waals surface area contributed by atoms with Gasteiger partial charge in [0.25, 0.3) is 0 Å². The fourth-order valence-corrected chi connectivity index (χ4v) is 10.1. The molecule has 7 rings (SSSR count). The van der Waals surface area contributed by atoms with Gasteiger partial charge in [-0.2, -0.15) is 0 Å². The molecule has 8 heteroatoms. The van der Waals surface area contributed by atoms with Gasteiger partial charge in [-0.1, -0.05) is 41.7 Å². The molecular formula is C27H25N3O3S2. The van der Waals surface area contributed by atoms with Crippen LogP contribution in [0.4, 0.5) is 11.4 Å². The lowest BCUT2D eigenvalue weighted by molar-refractivity contribution is -0.123. The Kier molecular flexibility index (Phi) is 4.64. The Bertz CT molecular complexity index is 1400. The van der Waals surface area contributed by atoms with Gasteiger partial charge in [-0.25, -0.2) is 0 Å². The van der Waals surface area contributed by atoms with Gasteiger partial charge >= 0.3 is 4.87 Å². The highest BCUT2D eigenvalue weighted by Crippen LogP contribution is 2.68. The number of H-pyrrole nitrogens is 1. The van der Waals surface area contributed by atoms with E-state index >= 15 is 0 Å². The first-order valence-corrected chi connectivity index (χ1v) is 13.7. The molecule has 0 unspecified atom stereocenters. The zero-order chi connectivity index (χ0) is 24.0. The molecule has 3 fully saturated rings. The number of nitrogens with one attached hydrogen (secondary N) is 1. The molecule has 1 saturated heterocycles. The van der Waals surface area contributed by atoms with Crippen LogP contribution in [0, 0.1) is 29.6 Å². The molecule has 3 aromatic rings. The lowest BCUT2D eigenvalue weighted by atomic mass is 9.68. The molecule has 2 aliphatic carbocycles. The summed E-state index contributed by atoms with van der Waals surface area (Å²) in [5.74, 6) is -0.0580. The zero-order valence-electron chi connectivity index (χ0n) is 19.4. The number of carbonyl (C=O) groups excluding carboxylic acids is 2. The van der Waals surface area contributed by atoms with Gasteiger partial charge in [0.05, 0.1) is 22.5 Å². The van der Waals surface area contributed by atoms with Gasteiger partial charge in [0, 0.05) is 35.8 Å². The third kappa shape index (κ3) is 2.93. The van der Waals surface area contributed by atoms with Gasteiger partial charge in [-0.15, -0.1) is 11.8 Å². The number of para-hydroxylation sites is 1. The van der Waals surface area contributed by atoms with Gasteiger partial charge in [-0.3, -0.25) is 19.3 Å². The van der Waals surface area contributed by atoms with Crippen molar-refractivity contribution in [3.63, 3.8) is 0 Å². The number of thioether (sulfide) groups is 1. The van der Waals surface area contributed by atoms with Crippen LogP contribution in [0.2, 0.25) is 0 Å². The predicted molar refractivity (Wildman–Crippen MR) is 138 cm³/mol. The molecule has 2 amide bonds. The Hall–Kier alpha value is -2.84. The molecular weight excluding hydrogens is 478 g/mol. The van der Waals surface area contributed by atoms with E-state index in [1.54, 1.807) is 11.8 Å². The van der Waals surface area contributed by atoms with Crippen LogP contribution in [-0.4, -0.2) is 36.1 Å². The highest BCUT2D eigenvalue weighted by atomic mass is 32.2. The number of nitrogens with zero attached hydrogens (tertiary/aromatic N) is 2. The number of aromatic amines is 1. The number of imide groups is 1. The number of benzene rings is 2. The number of hydrogen-bond donors (Lipinski definition) is 1. The summed E-state index contributed by atoms with van der Waals surface area (Å²) in [5, 5.41) is 1.16. The number of fused-ring (bicyclic) bond motifs is 9. The Labute approximate surface area is 211 Å². The molecule has 35 heavy (non-hydrogen) atoms. The molecule has 0 spiro atoms. The molecule has 2 saturated carbocycles. The fraction of sp³-hybridized carbons (Fsp3) is 0.370. The molecule has 4 aliphatic rings. The zero-order valence-corrected chi connectivity index (χ0v) is 21.0. The number of anilines is 2. The summed E-state index contributed by atoms with van der Waals surface area (Å²) in [6.07, 6.45) is 0.906. The Morgan fingerprint density at radius 1 is 0.914 bits per heavy atom. The summed E-state index contributed by atoms with van der Waals surface area (Å²) in [7, 11) is 4.05. The largest absolute Gasteiger partial charge is 0.378 e. The van der Waals surface area contributed by atoms with Crippen molar-refractivity contribution >= 4 is 46.3 Å². The van der Waals surface area contributed by atoms with Crippen LogP contribution in [0.1, 0.15) is 22.8 Å². The predicted octanol–water partition coefficient (Wildman–Crippen LogP) is 4.18. The molecule has 2 aliphatic heterocycles. The maximum Gasteiger partial charge on any atom is 0.305 e. The summed E-state index contributed by atoms with van der Waals surface area (Å²) in [4.78, 5) is 47.3. The lowest BCUT2D eigenvalue weighted by Crippen LogP contribution is -2.42. The summed E-state index contributed by atoms with van der Waals surface area (Å²) >= 11 is 3.03. The molecule has 7 atom stereocenters. The normalized spacial score (nSPS) is 32.5. The quantitative estimate of drug-likeness (QED) is 0.543. The van der Waals surface area contributed by atoms with Gasteiger partial charge < -0.3 is 9.88 Å². The van der Waals surface area contributed by atoms with Crippen LogP contribution >= 0.6 is 23.1 Å². The van der Waals surface area contributed by atoms with E-state index in [0.717, 1.165) is 22.0 Å². The molecule has 178 valence electrons. The highest BCUT2D eigenvalue weighted by molar-refractivity contribution is 8.00. The summed E-state index contributed by atoms with van der Waals surface area (Å²) < 4.78 is 0. The maximum absolute atomic E-state index is 13.7. The third-order valence-electron chi connectivity index (χ3n) is 8.51. The molecule has 1 aromatic heterocycles. The second kappa shape index (κ2) is 7.58. The standard InChI is InChI=1S/C27H25N3O3S2/c1-29(2)14-10-8-13(9-11-14)18-19-16-12-17(22(19)34-24-23(18)35-27(33)28-24)21-20(16)25(31)30(26(21)32)15-6-4-3-5-7-15/h3-11,16-22H,12H2,1-2H3,(H,28,33)/t16-,17-,18+,19+,20+,21+,22-/m1/s1. The van der Waals surface area contributed by atoms with Crippen molar-refractivity contribution in [3.8, 4) is 0 Å². The van der Waals surface area contributed by atoms with Crippen molar-refractivity contribution < 1.29 is 9.59 Å². The summed E-state index contributed by atoms with van der Waals surface area (Å²) in [6, 6.07) is 17.9. The first-order chi connectivity index (χ1) is 16.9. The van der Waals surface area contributed by atoms with E-state index in [9.17, 15) is 14.4 Å². The molecule has 6 nitrogen and oxygen atoms in total. The van der Waals surface area contributed by atoms with E-state index in [1.165, 1.54) is 21.8 Å². The number of carbonyl (C=O) groups is 2. The second-order valence-electron chi connectivity index (χ2n) is 10.3. The van der Waals surface area contributed by atoms with E-state index < -0.39 is 0 Å². The van der Waals surface area contributed by atoms with Crippen LogP contribution < -0.4 is 14.7 Å². The van der Waals surface area contributed by atoms with Crippen LogP contribution in [0.15, 0.2) is 64.4 Å². The third-order valence-corrected chi connectivity index (χ3v) is 11.1. The van der Waals surface area contributed by atoms with Crippen molar-refractivity contribution in [3.05, 3.63) is 74.7 Å². The molecule has 1 N–H and O–H groups in total. The van der Waals surface area contributed by atoms with Crippen molar-refractivity contribution in [2.24, 2.45) is 29.6 Å². The number of amides is 2. The van der Waals surface area contributed by atoms with Gasteiger partial charge in [0.1, 0.15) is 0 Å². The second-order valence-corrected chi connectivity index (χ2v) is 12.5. The highest BCUT2D eigenvalue weighted by Gasteiger charge is 2.69. The first-order valence-electron chi connectivity index (χ1n) is 12.0. The monoisotopic (exact) mass is 503 g/mol. The number of thiazole rings is 1. The minimum atomic E-state index is -0.268. The number of rotatable bonds is 3. The van der Waals surface area contributed by atoms with E-state index in [1.807, 2.05) is 44.4 Å². The van der Waals surface area contributed by atoms with E-state index in [0.29, 0.717) is 5.69 Å². The van der Waals surface area contributed by atoms with Crippen molar-refractivity contribution in [2.75, 3.05) is 23.9 Å². The Balaban J connectivity index is 1.32. The van der Waals surface area contributed by atoms with Crippen LogP contribution in [-0.2, 0) is 9.59 Å². The lowest BCUT2D eigenvalue weighted by Gasteiger charge is -2.43. The van der Waals surface area contributed by atoms with Crippen LogP contribution in [0.25, 0.3) is 0 Å². The summed E-state index contributed by atoms with van der Waals surface area (Å²) in [5.41, 5.74) is 2.98. The number of aromatic nitrogens is 1. The van der Waals surface area contributed by atoms with Crippen LogP contribution in [0.3, 0.4) is 0 Å². The van der Waals surface area contributed by atoms with Gasteiger partial charge in [-0.05, 0) is 54.0 Å². The molecule has 0 radical (unpaired) electrons. The van der Waals surface area contributed by atoms with Crippen molar-refractivity contribution in [1.82, 2.24) is 4.98 Å².